The van der Waals surface area contributed by atoms with Crippen LogP contribution in [-0.2, 0) is 0 Å². The van der Waals surface area contributed by atoms with Crippen LogP contribution in [0.4, 0.5) is 5.69 Å². The number of nitrogens with zero attached hydrogens (tertiary/aromatic N) is 1. The Labute approximate surface area is 103 Å². The van der Waals surface area contributed by atoms with Crippen molar-refractivity contribution in [3.63, 3.8) is 0 Å². The summed E-state index contributed by atoms with van der Waals surface area (Å²) in [7, 11) is 1.89. The predicted molar refractivity (Wildman–Crippen MR) is 69.9 cm³/mol. The van der Waals surface area contributed by atoms with Gasteiger partial charge in [0.15, 0.2) is 0 Å². The molecule has 1 aromatic carbocycles. The first kappa shape index (κ1) is 12.0. The van der Waals surface area contributed by atoms with Crippen molar-refractivity contribution < 1.29 is 4.79 Å². The summed E-state index contributed by atoms with van der Waals surface area (Å²) in [4.78, 5) is 14.2. The van der Waals surface area contributed by atoms with Gasteiger partial charge in [-0.05, 0) is 37.5 Å². The van der Waals surface area contributed by atoms with Gasteiger partial charge in [0.25, 0.3) is 5.91 Å². The molecule has 0 heterocycles. The van der Waals surface area contributed by atoms with E-state index in [9.17, 15) is 4.79 Å². The molecule has 0 radical (unpaired) electrons. The highest BCUT2D eigenvalue weighted by Gasteiger charge is 2.25. The lowest BCUT2D eigenvalue weighted by Gasteiger charge is -2.25. The van der Waals surface area contributed by atoms with E-state index in [1.807, 2.05) is 37.1 Å². The maximum atomic E-state index is 12.3. The number of amides is 1. The van der Waals surface area contributed by atoms with Crippen molar-refractivity contribution in [2.24, 2.45) is 0 Å². The number of nitrogens with two attached hydrogens (primary N) is 1. The highest BCUT2D eigenvalue weighted by atomic mass is 16.2. The summed E-state index contributed by atoms with van der Waals surface area (Å²) in [6.07, 6.45) is 4.69. The molecule has 1 saturated carbocycles. The molecule has 0 aliphatic heterocycles. The third kappa shape index (κ3) is 2.43. The van der Waals surface area contributed by atoms with Gasteiger partial charge in [0.1, 0.15) is 0 Å². The molecular formula is C14H20N2O. The zero-order chi connectivity index (χ0) is 12.4. The van der Waals surface area contributed by atoms with E-state index in [1.54, 1.807) is 0 Å². The number of nitrogen functional groups attached to an aromatic ring is 1. The lowest BCUT2D eigenvalue weighted by atomic mass is 10.1. The van der Waals surface area contributed by atoms with Crippen LogP contribution in [0.1, 0.15) is 41.6 Å². The molecule has 0 aromatic heterocycles. The number of hydrogen-bond donors (Lipinski definition) is 1. The normalized spacial score (nSPS) is 16.1. The van der Waals surface area contributed by atoms with E-state index in [0.29, 0.717) is 17.3 Å². The summed E-state index contributed by atoms with van der Waals surface area (Å²) in [5.74, 6) is 0.0504. The monoisotopic (exact) mass is 232 g/mol. The van der Waals surface area contributed by atoms with Gasteiger partial charge in [0, 0.05) is 18.8 Å². The molecule has 92 valence electrons. The van der Waals surface area contributed by atoms with Crippen LogP contribution in [0.5, 0.6) is 0 Å². The van der Waals surface area contributed by atoms with E-state index < -0.39 is 0 Å². The van der Waals surface area contributed by atoms with E-state index in [1.165, 1.54) is 12.8 Å². The molecule has 3 nitrogen and oxygen atoms in total. The molecule has 1 amide bonds. The number of hydrogen-bond acceptors (Lipinski definition) is 2. The van der Waals surface area contributed by atoms with Crippen LogP contribution in [0.2, 0.25) is 0 Å². The molecule has 2 rings (SSSR count). The highest BCUT2D eigenvalue weighted by Crippen LogP contribution is 2.25. The lowest BCUT2D eigenvalue weighted by Crippen LogP contribution is -2.35. The first-order valence-electron chi connectivity index (χ1n) is 6.23. The van der Waals surface area contributed by atoms with Crippen LogP contribution in [0, 0.1) is 6.92 Å². The summed E-state index contributed by atoms with van der Waals surface area (Å²) in [6, 6.07) is 6.02. The molecule has 1 aliphatic carbocycles. The summed E-state index contributed by atoms with van der Waals surface area (Å²) in [6.45, 7) is 1.98. The summed E-state index contributed by atoms with van der Waals surface area (Å²) in [5, 5.41) is 0. The van der Waals surface area contributed by atoms with E-state index >= 15 is 0 Å². The average molecular weight is 232 g/mol. The van der Waals surface area contributed by atoms with Gasteiger partial charge in [-0.15, -0.1) is 0 Å². The second-order valence-corrected chi connectivity index (χ2v) is 4.95. The third-order valence-corrected chi connectivity index (χ3v) is 3.63. The Hall–Kier alpha value is -1.51. The molecular weight excluding hydrogens is 212 g/mol. The van der Waals surface area contributed by atoms with Crippen molar-refractivity contribution in [2.75, 3.05) is 12.8 Å². The second-order valence-electron chi connectivity index (χ2n) is 4.95. The maximum Gasteiger partial charge on any atom is 0.255 e. The van der Waals surface area contributed by atoms with Crippen molar-refractivity contribution >= 4 is 11.6 Å². The van der Waals surface area contributed by atoms with E-state index in [-0.39, 0.29) is 5.91 Å². The Morgan fingerprint density at radius 2 is 2.00 bits per heavy atom. The van der Waals surface area contributed by atoms with Gasteiger partial charge < -0.3 is 10.6 Å². The molecule has 0 unspecified atom stereocenters. The maximum absolute atomic E-state index is 12.3. The first-order valence-corrected chi connectivity index (χ1v) is 6.23. The van der Waals surface area contributed by atoms with Gasteiger partial charge in [-0.2, -0.15) is 0 Å². The zero-order valence-electron chi connectivity index (χ0n) is 10.6. The summed E-state index contributed by atoms with van der Waals surface area (Å²) in [5.41, 5.74) is 8.21. The molecule has 2 N–H and O–H groups in total. The molecule has 1 fully saturated rings. The Bertz CT molecular complexity index is 422. The van der Waals surface area contributed by atoms with Crippen molar-refractivity contribution in [2.45, 2.75) is 38.6 Å². The Balaban J connectivity index is 2.18. The number of rotatable bonds is 2. The Morgan fingerprint density at radius 1 is 1.35 bits per heavy atom. The molecule has 0 atom stereocenters. The molecule has 1 aliphatic rings. The quantitative estimate of drug-likeness (QED) is 0.797. The van der Waals surface area contributed by atoms with Gasteiger partial charge in [0.05, 0.1) is 5.56 Å². The molecule has 1 aromatic rings. The molecule has 0 bridgehead atoms. The van der Waals surface area contributed by atoms with Gasteiger partial charge in [0.2, 0.25) is 0 Å². The largest absolute Gasteiger partial charge is 0.398 e. The Morgan fingerprint density at radius 3 is 2.59 bits per heavy atom. The van der Waals surface area contributed by atoms with Crippen LogP contribution < -0.4 is 5.73 Å². The number of anilines is 1. The molecule has 3 heteroatoms. The van der Waals surface area contributed by atoms with Crippen molar-refractivity contribution in [3.05, 3.63) is 29.3 Å². The lowest BCUT2D eigenvalue weighted by molar-refractivity contribution is 0.0736. The molecule has 17 heavy (non-hydrogen) atoms. The fourth-order valence-corrected chi connectivity index (χ4v) is 2.52. The first-order chi connectivity index (χ1) is 8.09. The van der Waals surface area contributed by atoms with Crippen LogP contribution in [0.15, 0.2) is 18.2 Å². The Kier molecular flexibility index (Phi) is 3.36. The van der Waals surface area contributed by atoms with Crippen molar-refractivity contribution in [1.82, 2.24) is 4.90 Å². The van der Waals surface area contributed by atoms with Gasteiger partial charge in [-0.1, -0.05) is 18.9 Å². The summed E-state index contributed by atoms with van der Waals surface area (Å²) >= 11 is 0. The number of carbonyl (C=O) groups excluding carboxylic acids is 1. The molecule has 0 saturated heterocycles. The SMILES string of the molecule is Cc1ccc(C(=O)N(C)C2CCCC2)c(N)c1. The fraction of sp³-hybridized carbons (Fsp3) is 0.500. The average Bonchev–Trinajstić information content (AvgIpc) is 2.80. The minimum atomic E-state index is 0.0504. The van der Waals surface area contributed by atoms with Crippen LogP contribution >= 0.6 is 0 Å². The van der Waals surface area contributed by atoms with E-state index in [0.717, 1.165) is 18.4 Å². The van der Waals surface area contributed by atoms with Crippen LogP contribution in [0.25, 0.3) is 0 Å². The number of carbonyl (C=O) groups is 1. The van der Waals surface area contributed by atoms with Crippen LogP contribution in [-0.4, -0.2) is 23.9 Å². The van der Waals surface area contributed by atoms with Crippen LogP contribution in [0.3, 0.4) is 0 Å². The third-order valence-electron chi connectivity index (χ3n) is 3.63. The number of aryl methyl sites for hydroxylation is 1. The van der Waals surface area contributed by atoms with Gasteiger partial charge >= 0.3 is 0 Å². The molecule has 0 spiro atoms. The highest BCUT2D eigenvalue weighted by molar-refractivity contribution is 5.99. The fourth-order valence-electron chi connectivity index (χ4n) is 2.52. The second kappa shape index (κ2) is 4.78. The smallest absolute Gasteiger partial charge is 0.255 e. The topological polar surface area (TPSA) is 46.3 Å². The van der Waals surface area contributed by atoms with Gasteiger partial charge in [-0.3, -0.25) is 4.79 Å². The van der Waals surface area contributed by atoms with Crippen molar-refractivity contribution in [1.29, 1.82) is 0 Å². The number of benzene rings is 1. The minimum absolute atomic E-state index is 0.0504. The minimum Gasteiger partial charge on any atom is -0.398 e. The standard InChI is InChI=1S/C14H20N2O/c1-10-7-8-12(13(15)9-10)14(17)16(2)11-5-3-4-6-11/h7-9,11H,3-6,15H2,1-2H3. The van der Waals surface area contributed by atoms with E-state index in [2.05, 4.69) is 0 Å². The van der Waals surface area contributed by atoms with E-state index in [4.69, 9.17) is 5.73 Å². The summed E-state index contributed by atoms with van der Waals surface area (Å²) < 4.78 is 0. The predicted octanol–water partition coefficient (Wildman–Crippen LogP) is 2.59. The van der Waals surface area contributed by atoms with Crippen molar-refractivity contribution in [3.8, 4) is 0 Å². The zero-order valence-corrected chi connectivity index (χ0v) is 10.6. The van der Waals surface area contributed by atoms with Gasteiger partial charge in [-0.25, -0.2) is 0 Å².